The summed E-state index contributed by atoms with van der Waals surface area (Å²) in [5, 5.41) is 0.351. The second-order valence-corrected chi connectivity index (χ2v) is 5.29. The van der Waals surface area contributed by atoms with Gasteiger partial charge in [0.15, 0.2) is 0 Å². The van der Waals surface area contributed by atoms with Gasteiger partial charge in [0.05, 0.1) is 10.0 Å². The number of hydrogen-bond donors (Lipinski definition) is 1. The van der Waals surface area contributed by atoms with Crippen LogP contribution < -0.4 is 5.73 Å². The molecule has 0 atom stereocenters. The van der Waals surface area contributed by atoms with Crippen molar-refractivity contribution in [1.82, 2.24) is 0 Å². The molecule has 0 aromatic heterocycles. The van der Waals surface area contributed by atoms with Crippen LogP contribution in [0.2, 0.25) is 5.02 Å². The van der Waals surface area contributed by atoms with Gasteiger partial charge in [-0.3, -0.25) is 0 Å². The van der Waals surface area contributed by atoms with Crippen molar-refractivity contribution in [3.8, 4) is 0 Å². The van der Waals surface area contributed by atoms with Crippen LogP contribution in [0.5, 0.6) is 0 Å². The van der Waals surface area contributed by atoms with Crippen molar-refractivity contribution in [1.29, 1.82) is 0 Å². The SMILES string of the molecule is Nc1cc(Cl)cc(C(=O)OCc2cccc(F)c2Br)c1. The highest BCUT2D eigenvalue weighted by atomic mass is 79.9. The number of nitrogens with two attached hydrogens (primary N) is 1. The van der Waals surface area contributed by atoms with E-state index in [0.29, 0.717) is 16.3 Å². The molecule has 20 heavy (non-hydrogen) atoms. The molecule has 104 valence electrons. The molecule has 0 aliphatic heterocycles. The fourth-order valence-corrected chi connectivity index (χ4v) is 2.24. The van der Waals surface area contributed by atoms with Crippen LogP contribution in [0.4, 0.5) is 10.1 Å². The second-order valence-electron chi connectivity index (χ2n) is 4.06. The summed E-state index contributed by atoms with van der Waals surface area (Å²) in [7, 11) is 0. The molecule has 0 spiro atoms. The first-order valence-electron chi connectivity index (χ1n) is 5.63. The minimum absolute atomic E-state index is 0.0520. The summed E-state index contributed by atoms with van der Waals surface area (Å²) in [5.41, 5.74) is 6.76. The summed E-state index contributed by atoms with van der Waals surface area (Å²) in [4.78, 5) is 11.9. The molecule has 0 fully saturated rings. The predicted molar refractivity (Wildman–Crippen MR) is 79.1 cm³/mol. The summed E-state index contributed by atoms with van der Waals surface area (Å²) in [5.74, 6) is -0.985. The molecule has 0 aliphatic rings. The molecule has 6 heteroatoms. The Morgan fingerprint density at radius 3 is 2.80 bits per heavy atom. The summed E-state index contributed by atoms with van der Waals surface area (Å²) in [6.45, 7) is -0.0520. The first-order chi connectivity index (χ1) is 9.47. The second kappa shape index (κ2) is 6.24. The monoisotopic (exact) mass is 357 g/mol. The molecule has 2 rings (SSSR count). The standard InChI is InChI=1S/C14H10BrClFNO2/c15-13-8(2-1-3-12(13)17)7-20-14(19)9-4-10(16)6-11(18)5-9/h1-6H,7,18H2. The molecular weight excluding hydrogens is 349 g/mol. The minimum Gasteiger partial charge on any atom is -0.457 e. The molecule has 2 aromatic carbocycles. The molecule has 2 aromatic rings. The van der Waals surface area contributed by atoms with E-state index < -0.39 is 11.8 Å². The molecule has 0 unspecified atom stereocenters. The van der Waals surface area contributed by atoms with Gasteiger partial charge < -0.3 is 10.5 Å². The van der Waals surface area contributed by atoms with Crippen molar-refractivity contribution in [2.75, 3.05) is 5.73 Å². The Morgan fingerprint density at radius 2 is 2.10 bits per heavy atom. The van der Waals surface area contributed by atoms with Gasteiger partial charge in [-0.25, -0.2) is 9.18 Å². The number of esters is 1. The first-order valence-corrected chi connectivity index (χ1v) is 6.80. The highest BCUT2D eigenvalue weighted by molar-refractivity contribution is 9.10. The predicted octanol–water partition coefficient (Wildman–Crippen LogP) is 4.18. The van der Waals surface area contributed by atoms with Crippen molar-refractivity contribution >= 4 is 39.2 Å². The van der Waals surface area contributed by atoms with Gasteiger partial charge in [-0.05, 0) is 40.2 Å². The number of rotatable bonds is 3. The molecule has 0 radical (unpaired) electrons. The van der Waals surface area contributed by atoms with Gasteiger partial charge in [-0.15, -0.1) is 0 Å². The van der Waals surface area contributed by atoms with Crippen LogP contribution in [0, 0.1) is 5.82 Å². The Kier molecular flexibility index (Phi) is 4.62. The Labute approximate surface area is 128 Å². The Balaban J connectivity index is 2.10. The lowest BCUT2D eigenvalue weighted by Gasteiger charge is -2.08. The number of ether oxygens (including phenoxy) is 1. The van der Waals surface area contributed by atoms with Crippen LogP contribution in [0.25, 0.3) is 0 Å². The molecule has 0 saturated heterocycles. The van der Waals surface area contributed by atoms with Crippen molar-refractivity contribution in [3.63, 3.8) is 0 Å². The maximum atomic E-state index is 13.3. The third-order valence-electron chi connectivity index (χ3n) is 2.55. The topological polar surface area (TPSA) is 52.3 Å². The van der Waals surface area contributed by atoms with Crippen molar-refractivity contribution < 1.29 is 13.9 Å². The Bertz CT molecular complexity index is 643. The average molecular weight is 359 g/mol. The van der Waals surface area contributed by atoms with E-state index in [1.54, 1.807) is 12.1 Å². The summed E-state index contributed by atoms with van der Waals surface area (Å²) < 4.78 is 18.7. The zero-order valence-electron chi connectivity index (χ0n) is 10.2. The fourth-order valence-electron chi connectivity index (χ4n) is 1.62. The number of benzene rings is 2. The Morgan fingerprint density at radius 1 is 1.35 bits per heavy atom. The van der Waals surface area contributed by atoms with Gasteiger partial charge in [0.25, 0.3) is 0 Å². The van der Waals surface area contributed by atoms with Crippen LogP contribution >= 0.6 is 27.5 Å². The van der Waals surface area contributed by atoms with Gasteiger partial charge in [0.2, 0.25) is 0 Å². The Hall–Kier alpha value is -1.59. The third kappa shape index (κ3) is 3.49. The fraction of sp³-hybridized carbons (Fsp3) is 0.0714. The molecule has 0 aliphatic carbocycles. The van der Waals surface area contributed by atoms with Crippen LogP contribution in [-0.4, -0.2) is 5.97 Å². The number of carbonyl (C=O) groups is 1. The zero-order valence-corrected chi connectivity index (χ0v) is 12.5. The van der Waals surface area contributed by atoms with Gasteiger partial charge >= 0.3 is 5.97 Å². The molecule has 0 heterocycles. The summed E-state index contributed by atoms with van der Waals surface area (Å²) in [6.07, 6.45) is 0. The van der Waals surface area contributed by atoms with Crippen LogP contribution in [-0.2, 0) is 11.3 Å². The number of halogens is 3. The average Bonchev–Trinajstić information content (AvgIpc) is 2.39. The molecule has 3 nitrogen and oxygen atoms in total. The summed E-state index contributed by atoms with van der Waals surface area (Å²) in [6, 6.07) is 8.97. The van der Waals surface area contributed by atoms with Crippen molar-refractivity contribution in [3.05, 3.63) is 62.8 Å². The van der Waals surface area contributed by atoms with E-state index in [1.165, 1.54) is 24.3 Å². The molecule has 2 N–H and O–H groups in total. The van der Waals surface area contributed by atoms with E-state index in [2.05, 4.69) is 15.9 Å². The van der Waals surface area contributed by atoms with Gasteiger partial charge in [-0.1, -0.05) is 23.7 Å². The summed E-state index contributed by atoms with van der Waals surface area (Å²) >= 11 is 8.91. The third-order valence-corrected chi connectivity index (χ3v) is 3.65. The lowest BCUT2D eigenvalue weighted by molar-refractivity contribution is 0.0471. The highest BCUT2D eigenvalue weighted by Gasteiger charge is 2.11. The minimum atomic E-state index is -0.574. The molecule has 0 amide bonds. The van der Waals surface area contributed by atoms with E-state index in [0.717, 1.165) is 0 Å². The lowest BCUT2D eigenvalue weighted by Crippen LogP contribution is -2.06. The number of hydrogen-bond acceptors (Lipinski definition) is 3. The van der Waals surface area contributed by atoms with Gasteiger partial charge in [-0.2, -0.15) is 0 Å². The first kappa shape index (κ1) is 14.8. The number of anilines is 1. The molecule has 0 bridgehead atoms. The number of carbonyl (C=O) groups excluding carboxylic acids is 1. The lowest BCUT2D eigenvalue weighted by atomic mass is 10.2. The van der Waals surface area contributed by atoms with Crippen molar-refractivity contribution in [2.45, 2.75) is 6.61 Å². The van der Waals surface area contributed by atoms with E-state index >= 15 is 0 Å². The largest absolute Gasteiger partial charge is 0.457 e. The van der Waals surface area contributed by atoms with E-state index in [9.17, 15) is 9.18 Å². The highest BCUT2D eigenvalue weighted by Crippen LogP contribution is 2.22. The van der Waals surface area contributed by atoms with Gasteiger partial charge in [0, 0.05) is 16.3 Å². The van der Waals surface area contributed by atoms with Crippen LogP contribution in [0.3, 0.4) is 0 Å². The van der Waals surface area contributed by atoms with Crippen LogP contribution in [0.1, 0.15) is 15.9 Å². The van der Waals surface area contributed by atoms with Crippen LogP contribution in [0.15, 0.2) is 40.9 Å². The maximum Gasteiger partial charge on any atom is 0.338 e. The number of nitrogen functional groups attached to an aromatic ring is 1. The maximum absolute atomic E-state index is 13.3. The molecular formula is C14H10BrClFNO2. The normalized spacial score (nSPS) is 10.3. The van der Waals surface area contributed by atoms with E-state index in [1.807, 2.05) is 0 Å². The van der Waals surface area contributed by atoms with E-state index in [-0.39, 0.29) is 16.6 Å². The van der Waals surface area contributed by atoms with Crippen molar-refractivity contribution in [2.24, 2.45) is 0 Å². The zero-order chi connectivity index (χ0) is 14.7. The molecule has 0 saturated carbocycles. The smallest absolute Gasteiger partial charge is 0.338 e. The quantitative estimate of drug-likeness (QED) is 0.661. The van der Waals surface area contributed by atoms with Gasteiger partial charge in [0.1, 0.15) is 12.4 Å². The van der Waals surface area contributed by atoms with E-state index in [4.69, 9.17) is 22.1 Å².